The number of nitrogens with zero attached hydrogens (tertiary/aromatic N) is 1. The SMILES string of the molecule is CC1=C=C=C(C(C)C)C#C1.Cc1ccc(S(=O)(=O)[N-][C@@H](c2ccccc2)[C@@H]([NH-])c2ccccc2)cc1.[Cl-].[Ru+3]. The molecule has 0 heterocycles. The first-order valence-electron chi connectivity index (χ1n) is 11.8. The third-order valence-corrected chi connectivity index (χ3v) is 6.91. The Morgan fingerprint density at radius 2 is 1.29 bits per heavy atom. The maximum atomic E-state index is 12.8. The molecule has 1 aliphatic rings. The smallest absolute Gasteiger partial charge is 1.00 e. The number of hydrogen-bond acceptors (Lipinski definition) is 2. The van der Waals surface area contributed by atoms with Gasteiger partial charge in [-0.3, -0.25) is 0 Å². The van der Waals surface area contributed by atoms with E-state index >= 15 is 0 Å². The summed E-state index contributed by atoms with van der Waals surface area (Å²) < 4.78 is 29.8. The number of hydrogen-bond donors (Lipinski definition) is 0. The Labute approximate surface area is 246 Å². The molecule has 0 unspecified atom stereocenters. The largest absolute Gasteiger partial charge is 3.00 e. The van der Waals surface area contributed by atoms with Gasteiger partial charge in [-0.25, -0.2) is 8.42 Å². The van der Waals surface area contributed by atoms with Crippen molar-refractivity contribution in [2.24, 2.45) is 5.92 Å². The zero-order valence-corrected chi connectivity index (χ0v) is 25.0. The van der Waals surface area contributed by atoms with Crippen molar-refractivity contribution in [3.8, 4) is 11.8 Å². The summed E-state index contributed by atoms with van der Waals surface area (Å²) in [6, 6.07) is 23.3. The zero-order chi connectivity index (χ0) is 26.1. The van der Waals surface area contributed by atoms with Crippen LogP contribution in [0.15, 0.2) is 112 Å². The second-order valence-electron chi connectivity index (χ2n) is 8.83. The normalized spacial score (nSPS) is 13.2. The second-order valence-corrected chi connectivity index (χ2v) is 10.5. The van der Waals surface area contributed by atoms with Crippen molar-refractivity contribution in [3.63, 3.8) is 0 Å². The fourth-order valence-electron chi connectivity index (χ4n) is 3.40. The van der Waals surface area contributed by atoms with Crippen molar-refractivity contribution in [2.45, 2.75) is 44.7 Å². The summed E-state index contributed by atoms with van der Waals surface area (Å²) in [4.78, 5) is 0.143. The van der Waals surface area contributed by atoms with E-state index in [4.69, 9.17) is 5.73 Å². The fourth-order valence-corrected chi connectivity index (χ4v) is 4.55. The van der Waals surface area contributed by atoms with Crippen LogP contribution in [0.3, 0.4) is 0 Å². The molecule has 0 spiro atoms. The molecule has 0 bridgehead atoms. The van der Waals surface area contributed by atoms with E-state index < -0.39 is 22.1 Å². The van der Waals surface area contributed by atoms with Gasteiger partial charge in [0.05, 0.1) is 5.57 Å². The Morgan fingerprint density at radius 3 is 1.76 bits per heavy atom. The van der Waals surface area contributed by atoms with Crippen LogP contribution in [0.1, 0.15) is 49.5 Å². The number of sulfonamides is 1. The second kappa shape index (κ2) is 15.7. The van der Waals surface area contributed by atoms with Gasteiger partial charge in [0.2, 0.25) is 0 Å². The summed E-state index contributed by atoms with van der Waals surface area (Å²) >= 11 is 0. The monoisotopic (exact) mass is 631 g/mol. The van der Waals surface area contributed by atoms with Gasteiger partial charge in [0.25, 0.3) is 0 Å². The molecule has 1 aliphatic carbocycles. The van der Waals surface area contributed by atoms with Crippen molar-refractivity contribution >= 4 is 10.0 Å². The molecule has 4 nitrogen and oxygen atoms in total. The summed E-state index contributed by atoms with van der Waals surface area (Å²) in [7, 11) is -3.87. The van der Waals surface area contributed by atoms with Crippen LogP contribution in [0.5, 0.6) is 0 Å². The Morgan fingerprint density at radius 1 is 0.763 bits per heavy atom. The zero-order valence-electron chi connectivity index (χ0n) is 21.7. The molecule has 4 rings (SSSR count). The molecule has 2 atom stereocenters. The van der Waals surface area contributed by atoms with Gasteiger partial charge in [-0.15, -0.1) is 12.1 Å². The number of benzene rings is 3. The number of halogens is 1. The molecule has 3 aromatic carbocycles. The van der Waals surface area contributed by atoms with Gasteiger partial charge in [-0.1, -0.05) is 127 Å². The molecular formula is C31H30ClN2O2RuS. The van der Waals surface area contributed by atoms with Crippen LogP contribution in [0.25, 0.3) is 10.5 Å². The number of aryl methyl sites for hydroxylation is 1. The van der Waals surface area contributed by atoms with E-state index in [-0.39, 0.29) is 36.8 Å². The topological polar surface area (TPSA) is 72.0 Å². The molecule has 0 saturated carbocycles. The Bertz CT molecular complexity index is 1450. The molecule has 0 saturated heterocycles. The third kappa shape index (κ3) is 9.56. The molecule has 0 aromatic heterocycles. The van der Waals surface area contributed by atoms with Crippen LogP contribution < -0.4 is 12.4 Å². The van der Waals surface area contributed by atoms with Gasteiger partial charge >= 0.3 is 19.5 Å². The van der Waals surface area contributed by atoms with Crippen molar-refractivity contribution in [2.75, 3.05) is 0 Å². The van der Waals surface area contributed by atoms with Crippen molar-refractivity contribution < 1.29 is 40.3 Å². The van der Waals surface area contributed by atoms with Crippen LogP contribution in [0.2, 0.25) is 0 Å². The van der Waals surface area contributed by atoms with Crippen LogP contribution in [0, 0.1) is 24.7 Å². The summed E-state index contributed by atoms with van der Waals surface area (Å²) in [5.74, 6) is 6.47. The summed E-state index contributed by atoms with van der Waals surface area (Å²) in [6.45, 7) is 8.06. The van der Waals surface area contributed by atoms with Gasteiger partial charge < -0.3 is 22.9 Å². The number of rotatable bonds is 7. The molecule has 3 aromatic rings. The number of allylic oxidation sites excluding steroid dienone is 2. The summed E-state index contributed by atoms with van der Waals surface area (Å²) in [5.41, 5.74) is 19.1. The fraction of sp³-hybridized carbons (Fsp3) is 0.226. The average molecular weight is 631 g/mol. The molecule has 1 radical (unpaired) electrons. The van der Waals surface area contributed by atoms with Crippen molar-refractivity contribution in [1.82, 2.24) is 0 Å². The Kier molecular flexibility index (Phi) is 13.7. The predicted molar refractivity (Wildman–Crippen MR) is 147 cm³/mol. The maximum absolute atomic E-state index is 12.8. The molecule has 1 N–H and O–H groups in total. The van der Waals surface area contributed by atoms with Gasteiger partial charge in [0.1, 0.15) is 10.0 Å². The van der Waals surface area contributed by atoms with Gasteiger partial charge in [-0.2, -0.15) is 0 Å². The third-order valence-electron chi connectivity index (χ3n) is 5.53. The van der Waals surface area contributed by atoms with Crippen LogP contribution in [-0.2, 0) is 29.5 Å². The first kappa shape index (κ1) is 33.3. The molecule has 197 valence electrons. The van der Waals surface area contributed by atoms with Crippen molar-refractivity contribution in [3.05, 3.63) is 135 Å². The molecule has 0 fully saturated rings. The van der Waals surface area contributed by atoms with E-state index in [1.165, 1.54) is 0 Å². The quantitative estimate of drug-likeness (QED) is 0.212. The standard InChI is InChI=1S/C21H20N2O2S.C10H10.ClH.Ru/c1-16-12-14-19(15-13-16)26(24,25)23-21(18-10-6-3-7-11-18)20(22)17-8-4-2-5-9-17;1-8(2)10-6-4-9(3)5-7-10;;/h2-15,20-22H,1H3;8H,1-3H3;1H;/q-2;;;+3/p-1/t20-,21-;;;/m0.../s1. The molecule has 7 heteroatoms. The van der Waals surface area contributed by atoms with E-state index in [0.717, 1.165) is 22.3 Å². The Balaban J connectivity index is 0.000000511. The van der Waals surface area contributed by atoms with Gasteiger partial charge in [0, 0.05) is 10.5 Å². The van der Waals surface area contributed by atoms with Crippen LogP contribution >= 0.6 is 0 Å². The molecule has 0 amide bonds. The summed E-state index contributed by atoms with van der Waals surface area (Å²) in [6.07, 6.45) is 0. The molecule has 38 heavy (non-hydrogen) atoms. The van der Waals surface area contributed by atoms with E-state index in [1.807, 2.05) is 74.5 Å². The first-order chi connectivity index (χ1) is 17.2. The van der Waals surface area contributed by atoms with Crippen LogP contribution in [-0.4, -0.2) is 8.42 Å². The van der Waals surface area contributed by atoms with Crippen LogP contribution in [0.4, 0.5) is 0 Å². The molecule has 0 aliphatic heterocycles. The van der Waals surface area contributed by atoms with E-state index in [9.17, 15) is 8.42 Å². The minimum absolute atomic E-state index is 0. The van der Waals surface area contributed by atoms with E-state index in [1.54, 1.807) is 24.3 Å². The van der Waals surface area contributed by atoms with E-state index in [0.29, 0.717) is 11.5 Å². The molecular weight excluding hydrogens is 601 g/mol. The van der Waals surface area contributed by atoms with Gasteiger partial charge in [-0.05, 0) is 31.9 Å². The predicted octanol–water partition coefficient (Wildman–Crippen LogP) is 4.88. The first-order valence-corrected chi connectivity index (χ1v) is 13.2. The average Bonchev–Trinajstić information content (AvgIpc) is 2.89. The maximum Gasteiger partial charge on any atom is 3.00 e. The van der Waals surface area contributed by atoms with E-state index in [2.05, 4.69) is 41.9 Å². The van der Waals surface area contributed by atoms with Crippen molar-refractivity contribution in [1.29, 1.82) is 0 Å². The Hall–Kier alpha value is -2.70. The minimum Gasteiger partial charge on any atom is -1.00 e. The minimum atomic E-state index is -3.87. The number of nitrogens with one attached hydrogen (secondary N) is 1. The van der Waals surface area contributed by atoms with Gasteiger partial charge in [0.15, 0.2) is 0 Å². The summed E-state index contributed by atoms with van der Waals surface area (Å²) in [5, 5.41) is 0.